The van der Waals surface area contributed by atoms with E-state index in [1.165, 1.54) is 17.0 Å². The van der Waals surface area contributed by atoms with Gasteiger partial charge in [0.2, 0.25) is 17.6 Å². The molecule has 3 atom stereocenters. The number of rotatable bonds is 11. The number of nitrogens with one attached hydrogen (secondary N) is 2. The van der Waals surface area contributed by atoms with Gasteiger partial charge in [0.05, 0.1) is 26.6 Å². The van der Waals surface area contributed by atoms with Gasteiger partial charge in [0.1, 0.15) is 6.04 Å². The number of nitrogens with zero attached hydrogens (tertiary/aromatic N) is 1. The van der Waals surface area contributed by atoms with Gasteiger partial charge in [-0.1, -0.05) is 96.9 Å². The van der Waals surface area contributed by atoms with Gasteiger partial charge in [-0.2, -0.15) is 0 Å². The maximum absolute atomic E-state index is 14.3. The Kier molecular flexibility index (Phi) is 9.84. The lowest BCUT2D eigenvalue weighted by Gasteiger charge is -2.29. The number of hydrogen-bond acceptors (Lipinski definition) is 6. The number of amides is 3. The largest absolute Gasteiger partial charge is 0.345 e. The Morgan fingerprint density at radius 2 is 1.57 bits per heavy atom. The van der Waals surface area contributed by atoms with Gasteiger partial charge in [-0.05, 0) is 71.8 Å². The zero-order valence-corrected chi connectivity index (χ0v) is 29.0. The third kappa shape index (κ3) is 6.82. The molecule has 1 saturated heterocycles. The maximum Gasteiger partial charge on any atom is 0.289 e. The first kappa shape index (κ1) is 34.6. The van der Waals surface area contributed by atoms with Crippen LogP contribution in [0.1, 0.15) is 43.7 Å². The van der Waals surface area contributed by atoms with E-state index in [0.29, 0.717) is 17.9 Å². The van der Waals surface area contributed by atoms with E-state index < -0.39 is 50.2 Å². The Morgan fingerprint density at radius 1 is 0.898 bits per heavy atom. The summed E-state index contributed by atoms with van der Waals surface area (Å²) in [6.45, 7) is 1.52. The van der Waals surface area contributed by atoms with E-state index in [0.717, 1.165) is 21.9 Å². The highest BCUT2D eigenvalue weighted by Gasteiger charge is 2.57. The lowest BCUT2D eigenvalue weighted by atomic mass is 9.94. The lowest BCUT2D eigenvalue weighted by molar-refractivity contribution is -0.143. The van der Waals surface area contributed by atoms with Crippen molar-refractivity contribution in [1.82, 2.24) is 15.5 Å². The van der Waals surface area contributed by atoms with Crippen LogP contribution in [0.25, 0.3) is 10.8 Å². The molecule has 2 fully saturated rings. The first-order chi connectivity index (χ1) is 23.5. The molecule has 1 aliphatic heterocycles. The molecule has 12 heteroatoms. The van der Waals surface area contributed by atoms with E-state index in [2.05, 4.69) is 10.6 Å². The van der Waals surface area contributed by atoms with Gasteiger partial charge in [0, 0.05) is 18.1 Å². The van der Waals surface area contributed by atoms with Crippen molar-refractivity contribution in [1.29, 1.82) is 0 Å². The quantitative estimate of drug-likeness (QED) is 0.200. The molecule has 1 aliphatic carbocycles. The lowest BCUT2D eigenvalue weighted by Crippen LogP contribution is -2.54. The number of ketones is 1. The average molecular weight is 721 g/mol. The van der Waals surface area contributed by atoms with Crippen LogP contribution in [0.4, 0.5) is 0 Å². The summed E-state index contributed by atoms with van der Waals surface area (Å²) < 4.78 is 27.7. The highest BCUT2D eigenvalue weighted by Crippen LogP contribution is 2.51. The smallest absolute Gasteiger partial charge is 0.289 e. The van der Waals surface area contributed by atoms with E-state index in [1.54, 1.807) is 43.3 Å². The van der Waals surface area contributed by atoms with Crippen LogP contribution in [0.5, 0.6) is 0 Å². The highest BCUT2D eigenvalue weighted by atomic mass is 35.5. The average Bonchev–Trinajstić information content (AvgIpc) is 3.79. The van der Waals surface area contributed by atoms with E-state index in [9.17, 15) is 27.6 Å². The molecule has 49 heavy (non-hydrogen) atoms. The number of Topliss-reactive ketones (excluding diaryl/α,β-unsaturated/α-hetero) is 1. The predicted octanol–water partition coefficient (Wildman–Crippen LogP) is 5.40. The topological polar surface area (TPSA) is 130 Å². The van der Waals surface area contributed by atoms with E-state index >= 15 is 0 Å². The van der Waals surface area contributed by atoms with Crippen molar-refractivity contribution in [3.63, 3.8) is 0 Å². The molecule has 254 valence electrons. The van der Waals surface area contributed by atoms with Crippen molar-refractivity contribution in [2.75, 3.05) is 6.54 Å². The van der Waals surface area contributed by atoms with Gasteiger partial charge in [-0.15, -0.1) is 0 Å². The van der Waals surface area contributed by atoms with Crippen LogP contribution in [0.2, 0.25) is 10.0 Å². The normalized spacial score (nSPS) is 18.9. The fourth-order valence-electron chi connectivity index (χ4n) is 6.63. The second kappa shape index (κ2) is 13.9. The number of benzene rings is 4. The van der Waals surface area contributed by atoms with Gasteiger partial charge in [-0.3, -0.25) is 19.2 Å². The molecule has 0 aromatic heterocycles. The number of hydrogen-bond donors (Lipinski definition) is 2. The van der Waals surface area contributed by atoms with Gasteiger partial charge in [-0.25, -0.2) is 8.42 Å². The van der Waals surface area contributed by atoms with Gasteiger partial charge in [0.15, 0.2) is 9.84 Å². The number of sulfone groups is 1. The van der Waals surface area contributed by atoms with Crippen LogP contribution in [0, 0.1) is 0 Å². The van der Waals surface area contributed by atoms with Gasteiger partial charge in [0.25, 0.3) is 5.91 Å². The highest BCUT2D eigenvalue weighted by molar-refractivity contribution is 7.92. The molecule has 3 unspecified atom stereocenters. The molecule has 1 heterocycles. The Hall–Kier alpha value is -4.25. The summed E-state index contributed by atoms with van der Waals surface area (Å²) in [7, 11) is -4.07. The van der Waals surface area contributed by atoms with Crippen LogP contribution < -0.4 is 10.6 Å². The first-order valence-corrected chi connectivity index (χ1v) is 18.4. The summed E-state index contributed by atoms with van der Waals surface area (Å²) in [6.07, 6.45) is 0.934. The van der Waals surface area contributed by atoms with Gasteiger partial charge >= 0.3 is 0 Å². The Bertz CT molecular complexity index is 2040. The van der Waals surface area contributed by atoms with Gasteiger partial charge < -0.3 is 15.5 Å². The zero-order chi connectivity index (χ0) is 34.9. The summed E-state index contributed by atoms with van der Waals surface area (Å²) in [5, 5.41) is 6.69. The summed E-state index contributed by atoms with van der Waals surface area (Å²) in [5.74, 6) is -2.79. The maximum atomic E-state index is 14.3. The van der Waals surface area contributed by atoms with E-state index in [1.807, 2.05) is 42.5 Å². The predicted molar refractivity (Wildman–Crippen MR) is 188 cm³/mol. The van der Waals surface area contributed by atoms with Crippen LogP contribution in [0.15, 0.2) is 95.9 Å². The Labute approximate surface area is 294 Å². The molecule has 4 aromatic carbocycles. The second-order valence-corrected chi connectivity index (χ2v) is 15.6. The Morgan fingerprint density at radius 3 is 2.27 bits per heavy atom. The summed E-state index contributed by atoms with van der Waals surface area (Å²) >= 11 is 12.4. The summed E-state index contributed by atoms with van der Waals surface area (Å²) in [6, 6.07) is 23.9. The van der Waals surface area contributed by atoms with Crippen molar-refractivity contribution in [2.24, 2.45) is 0 Å². The summed E-state index contributed by atoms with van der Waals surface area (Å²) in [5.41, 5.74) is 0.632. The number of carbonyl (C=O) groups excluding carboxylic acids is 4. The first-order valence-electron chi connectivity index (χ1n) is 16.1. The second-order valence-electron chi connectivity index (χ2n) is 12.6. The van der Waals surface area contributed by atoms with Crippen molar-refractivity contribution < 1.29 is 27.6 Å². The molecule has 4 aromatic rings. The standard InChI is InChI=1S/C37H35Cl2N3O6S/c1-2-30(33(43)35(45)40-21-24-10-7-9-23-8-3-4-11-28(23)24)41-34(44)31-20-27(49(47,48)32-13-6-5-12-29(32)39)22-42(31)36(46)37(18-19-37)25-14-16-26(38)17-15-25/h3-17,27,30-31H,2,18-22H2,1H3,(H,40,45)(H,41,44). The van der Waals surface area contributed by atoms with E-state index in [4.69, 9.17) is 23.2 Å². The van der Waals surface area contributed by atoms with Crippen LogP contribution in [0.3, 0.4) is 0 Å². The fraction of sp³-hybridized carbons (Fsp3) is 0.297. The SMILES string of the molecule is CCC(NC(=O)C1CC(S(=O)(=O)c2ccccc2Cl)CN1C(=O)C1(c2ccc(Cl)cc2)CC1)C(=O)C(=O)NCc1cccc2ccccc12. The third-order valence-electron chi connectivity index (χ3n) is 9.55. The molecule has 1 saturated carbocycles. The number of likely N-dealkylation sites (tertiary alicyclic amines) is 1. The number of fused-ring (bicyclic) bond motifs is 1. The van der Waals surface area contributed by atoms with Crippen molar-refractivity contribution in [3.8, 4) is 0 Å². The van der Waals surface area contributed by atoms with E-state index in [-0.39, 0.29) is 41.8 Å². The third-order valence-corrected chi connectivity index (χ3v) is 12.4. The van der Waals surface area contributed by atoms with Crippen molar-refractivity contribution in [2.45, 2.75) is 66.8 Å². The minimum atomic E-state index is -4.07. The van der Waals surface area contributed by atoms with Crippen LogP contribution in [-0.4, -0.2) is 60.7 Å². The number of halogens is 2. The molecule has 2 aliphatic rings. The molecular formula is C37H35Cl2N3O6S. The molecule has 6 rings (SSSR count). The minimum Gasteiger partial charge on any atom is -0.345 e. The van der Waals surface area contributed by atoms with Crippen molar-refractivity contribution >= 4 is 67.3 Å². The molecular weight excluding hydrogens is 685 g/mol. The molecule has 9 nitrogen and oxygen atoms in total. The Balaban J connectivity index is 1.22. The molecule has 0 bridgehead atoms. The zero-order valence-electron chi connectivity index (χ0n) is 26.7. The molecule has 3 amide bonds. The monoisotopic (exact) mass is 719 g/mol. The minimum absolute atomic E-state index is 0.0410. The summed E-state index contributed by atoms with van der Waals surface area (Å²) in [4.78, 5) is 55.8. The fourth-order valence-corrected chi connectivity index (χ4v) is 8.98. The number of carbonyl (C=O) groups is 4. The molecule has 0 spiro atoms. The van der Waals surface area contributed by atoms with Crippen LogP contribution in [-0.2, 0) is 41.0 Å². The molecule has 2 N–H and O–H groups in total. The van der Waals surface area contributed by atoms with Crippen LogP contribution >= 0.6 is 23.2 Å². The molecule has 0 radical (unpaired) electrons. The van der Waals surface area contributed by atoms with Crippen molar-refractivity contribution in [3.05, 3.63) is 112 Å².